The Morgan fingerprint density at radius 1 is 1.00 bits per heavy atom. The minimum atomic E-state index is -1.09. The minimum Gasteiger partial charge on any atom is -0.506 e. The number of aromatic amines is 1. The SMILES string of the molecule is O=C(O)N(CCc1ccc(O)c2[nH]c(=O)sc12)CCN(C(=O)CCNCCc1cccc(F)c1F)C1CCCCC1. The Hall–Kier alpha value is -3.51. The molecule has 2 amide bonds. The number of nitrogens with zero attached hydrogens (tertiary/aromatic N) is 2. The van der Waals surface area contributed by atoms with E-state index < -0.39 is 17.7 Å². The Bertz CT molecular complexity index is 1410. The number of halogens is 2. The van der Waals surface area contributed by atoms with Crippen LogP contribution in [-0.2, 0) is 17.6 Å². The molecule has 0 radical (unpaired) electrons. The maximum Gasteiger partial charge on any atom is 0.407 e. The van der Waals surface area contributed by atoms with Gasteiger partial charge in [0, 0.05) is 38.6 Å². The highest BCUT2D eigenvalue weighted by Crippen LogP contribution is 2.28. The predicted octanol–water partition coefficient (Wildman–Crippen LogP) is 4.48. The molecule has 1 heterocycles. The van der Waals surface area contributed by atoms with Crippen molar-refractivity contribution < 1.29 is 28.6 Å². The first-order valence-corrected chi connectivity index (χ1v) is 14.8. The quantitative estimate of drug-likeness (QED) is 0.218. The molecule has 0 atom stereocenters. The van der Waals surface area contributed by atoms with E-state index in [4.69, 9.17) is 0 Å². The van der Waals surface area contributed by atoms with Gasteiger partial charge in [-0.1, -0.05) is 48.8 Å². The number of rotatable bonds is 13. The van der Waals surface area contributed by atoms with Crippen LogP contribution in [0.1, 0.15) is 49.7 Å². The number of hydrogen-bond acceptors (Lipinski definition) is 6. The van der Waals surface area contributed by atoms with E-state index in [0.717, 1.165) is 55.1 Å². The third-order valence-electron chi connectivity index (χ3n) is 7.63. The van der Waals surface area contributed by atoms with Gasteiger partial charge >= 0.3 is 11.0 Å². The number of benzene rings is 2. The van der Waals surface area contributed by atoms with Crippen molar-refractivity contribution >= 4 is 33.6 Å². The van der Waals surface area contributed by atoms with Crippen LogP contribution < -0.4 is 10.2 Å². The maximum absolute atomic E-state index is 13.9. The lowest BCUT2D eigenvalue weighted by Gasteiger charge is -2.36. The topological polar surface area (TPSA) is 126 Å². The molecule has 0 spiro atoms. The first-order chi connectivity index (χ1) is 19.7. The monoisotopic (exact) mass is 590 g/mol. The van der Waals surface area contributed by atoms with Crippen LogP contribution in [0.3, 0.4) is 0 Å². The van der Waals surface area contributed by atoms with Crippen molar-refractivity contribution in [3.63, 3.8) is 0 Å². The van der Waals surface area contributed by atoms with Crippen molar-refractivity contribution in [1.29, 1.82) is 0 Å². The lowest BCUT2D eigenvalue weighted by atomic mass is 9.94. The van der Waals surface area contributed by atoms with Crippen molar-refractivity contribution in [2.24, 2.45) is 0 Å². The lowest BCUT2D eigenvalue weighted by Crippen LogP contribution is -2.47. The maximum atomic E-state index is 13.9. The van der Waals surface area contributed by atoms with E-state index in [1.165, 1.54) is 23.1 Å². The van der Waals surface area contributed by atoms with Crippen molar-refractivity contribution in [3.05, 3.63) is 62.8 Å². The molecule has 0 saturated heterocycles. The number of aromatic nitrogens is 1. The Balaban J connectivity index is 1.32. The van der Waals surface area contributed by atoms with Gasteiger partial charge in [0.15, 0.2) is 11.6 Å². The summed E-state index contributed by atoms with van der Waals surface area (Å²) < 4.78 is 27.9. The molecule has 4 rings (SSSR count). The van der Waals surface area contributed by atoms with E-state index in [0.29, 0.717) is 36.1 Å². The molecule has 1 aliphatic carbocycles. The highest BCUT2D eigenvalue weighted by Gasteiger charge is 2.26. The Morgan fingerprint density at radius 3 is 2.54 bits per heavy atom. The van der Waals surface area contributed by atoms with Crippen molar-refractivity contribution in [1.82, 2.24) is 20.1 Å². The number of phenols is 1. The van der Waals surface area contributed by atoms with Gasteiger partial charge in [-0.3, -0.25) is 9.59 Å². The second-order valence-corrected chi connectivity index (χ2v) is 11.3. The van der Waals surface area contributed by atoms with Gasteiger partial charge in [-0.15, -0.1) is 0 Å². The zero-order chi connectivity index (χ0) is 29.4. The van der Waals surface area contributed by atoms with Crippen LogP contribution in [0.5, 0.6) is 5.75 Å². The van der Waals surface area contributed by atoms with Crippen molar-refractivity contribution in [3.8, 4) is 5.75 Å². The number of phenolic OH excluding ortho intramolecular Hbond substituents is 1. The fourth-order valence-corrected chi connectivity index (χ4v) is 6.29. The number of amides is 2. The van der Waals surface area contributed by atoms with E-state index in [1.807, 2.05) is 0 Å². The first-order valence-electron chi connectivity index (χ1n) is 14.0. The predicted molar refractivity (Wildman–Crippen MR) is 154 cm³/mol. The standard InChI is InChI=1S/C29H36F2N4O5S/c30-22-8-4-5-19(25(22)31)11-14-32-15-12-24(37)35(21-6-2-1-3-7-21)18-17-34(29(39)40)16-13-20-9-10-23(36)26-27(20)41-28(38)33-26/h4-5,8-10,21,32,36H,1-3,6-7,11-18H2,(H,33,38)(H,39,40). The zero-order valence-corrected chi connectivity index (χ0v) is 23.7. The van der Waals surface area contributed by atoms with E-state index in [2.05, 4.69) is 10.3 Å². The fraction of sp³-hybridized carbons (Fsp3) is 0.483. The van der Waals surface area contributed by atoms with Crippen LogP contribution in [-0.4, -0.2) is 75.8 Å². The summed E-state index contributed by atoms with van der Waals surface area (Å²) in [5, 5.41) is 23.0. The number of aromatic hydroxyl groups is 1. The number of hydrogen-bond donors (Lipinski definition) is 4. The first kappa shape index (κ1) is 30.4. The summed E-state index contributed by atoms with van der Waals surface area (Å²) in [6.07, 6.45) is 4.68. The Labute approximate surface area is 240 Å². The number of carboxylic acid groups (broad SMARTS) is 1. The average Bonchev–Trinajstić information content (AvgIpc) is 3.36. The largest absolute Gasteiger partial charge is 0.506 e. The molecule has 4 N–H and O–H groups in total. The molecule has 1 aliphatic rings. The van der Waals surface area contributed by atoms with Gasteiger partial charge in [-0.2, -0.15) is 0 Å². The van der Waals surface area contributed by atoms with Gasteiger partial charge in [0.25, 0.3) is 0 Å². The molecule has 1 saturated carbocycles. The number of H-pyrrole nitrogens is 1. The normalized spacial score (nSPS) is 13.9. The molecule has 41 heavy (non-hydrogen) atoms. The summed E-state index contributed by atoms with van der Waals surface area (Å²) in [7, 11) is 0. The van der Waals surface area contributed by atoms with Crippen LogP contribution in [0, 0.1) is 11.6 Å². The molecule has 3 aromatic rings. The Morgan fingerprint density at radius 2 is 1.78 bits per heavy atom. The van der Waals surface area contributed by atoms with E-state index >= 15 is 0 Å². The molecule has 12 heteroatoms. The second-order valence-electron chi connectivity index (χ2n) is 10.3. The van der Waals surface area contributed by atoms with Crippen LogP contribution in [0.25, 0.3) is 10.2 Å². The average molecular weight is 591 g/mol. The van der Waals surface area contributed by atoms with E-state index in [-0.39, 0.29) is 54.2 Å². The lowest BCUT2D eigenvalue weighted by molar-refractivity contribution is -0.134. The molecule has 222 valence electrons. The minimum absolute atomic E-state index is 0.0329. The van der Waals surface area contributed by atoms with Gasteiger partial charge in [0.2, 0.25) is 5.91 Å². The van der Waals surface area contributed by atoms with Gasteiger partial charge in [-0.05, 0) is 55.5 Å². The Kier molecular flexibility index (Phi) is 10.7. The number of nitrogens with one attached hydrogen (secondary N) is 2. The van der Waals surface area contributed by atoms with Crippen molar-refractivity contribution in [2.75, 3.05) is 32.7 Å². The number of thiazole rings is 1. The number of carbonyl (C=O) groups excluding carboxylic acids is 1. The molecule has 0 unspecified atom stereocenters. The van der Waals surface area contributed by atoms with E-state index in [1.54, 1.807) is 11.0 Å². The van der Waals surface area contributed by atoms with Crippen LogP contribution in [0.2, 0.25) is 0 Å². The molecule has 0 bridgehead atoms. The summed E-state index contributed by atoms with van der Waals surface area (Å²) in [5.74, 6) is -1.83. The summed E-state index contributed by atoms with van der Waals surface area (Å²) in [4.78, 5) is 42.6. The van der Waals surface area contributed by atoms with Crippen LogP contribution in [0.4, 0.5) is 13.6 Å². The van der Waals surface area contributed by atoms with E-state index in [9.17, 15) is 33.4 Å². The zero-order valence-electron chi connectivity index (χ0n) is 22.8. The van der Waals surface area contributed by atoms with Crippen LogP contribution >= 0.6 is 11.3 Å². The molecule has 0 aliphatic heterocycles. The molecular weight excluding hydrogens is 554 g/mol. The van der Waals surface area contributed by atoms with Gasteiger partial charge in [-0.25, -0.2) is 13.6 Å². The number of carbonyl (C=O) groups is 2. The molecule has 9 nitrogen and oxygen atoms in total. The summed E-state index contributed by atoms with van der Waals surface area (Å²) in [6, 6.07) is 7.31. The third kappa shape index (κ3) is 8.04. The van der Waals surface area contributed by atoms with Gasteiger partial charge < -0.3 is 30.3 Å². The number of fused-ring (bicyclic) bond motifs is 1. The summed E-state index contributed by atoms with van der Waals surface area (Å²) >= 11 is 0.974. The second kappa shape index (κ2) is 14.4. The molecule has 1 fully saturated rings. The fourth-order valence-electron chi connectivity index (χ4n) is 5.39. The van der Waals surface area contributed by atoms with Gasteiger partial charge in [0.05, 0.1) is 4.70 Å². The van der Waals surface area contributed by atoms with Crippen LogP contribution in [0.15, 0.2) is 35.1 Å². The summed E-state index contributed by atoms with van der Waals surface area (Å²) in [5.41, 5.74) is 1.39. The highest BCUT2D eigenvalue weighted by molar-refractivity contribution is 7.16. The third-order valence-corrected chi connectivity index (χ3v) is 8.58. The summed E-state index contributed by atoms with van der Waals surface area (Å²) in [6.45, 7) is 1.36. The molecule has 1 aromatic heterocycles. The molecular formula is C29H36F2N4O5S. The molecule has 2 aromatic carbocycles. The van der Waals surface area contributed by atoms with Crippen molar-refractivity contribution in [2.45, 2.75) is 57.4 Å². The van der Waals surface area contributed by atoms with Gasteiger partial charge in [0.1, 0.15) is 11.3 Å². The smallest absolute Gasteiger partial charge is 0.407 e. The highest BCUT2D eigenvalue weighted by atomic mass is 32.1.